The van der Waals surface area contributed by atoms with Gasteiger partial charge in [-0.1, -0.05) is 23.7 Å². The third-order valence-electron chi connectivity index (χ3n) is 3.16. The highest BCUT2D eigenvalue weighted by Gasteiger charge is 2.36. The van der Waals surface area contributed by atoms with Crippen LogP contribution in [0.25, 0.3) is 10.4 Å². The number of nitrogens with one attached hydrogen (secondary N) is 1. The average Bonchev–Trinajstić information content (AvgIpc) is 2.37. The molecule has 0 aromatic heterocycles. The molecule has 2 unspecified atom stereocenters. The van der Waals surface area contributed by atoms with E-state index in [1.165, 1.54) is 0 Å². The minimum atomic E-state index is -1.42. The molecule has 2 atom stereocenters. The minimum absolute atomic E-state index is 0.158. The Morgan fingerprint density at radius 2 is 2.37 bits per heavy atom. The summed E-state index contributed by atoms with van der Waals surface area (Å²) in [4.78, 5) is 14.3. The van der Waals surface area contributed by atoms with Gasteiger partial charge in [0.2, 0.25) is 5.91 Å². The predicted molar refractivity (Wildman–Crippen MR) is 70.2 cm³/mol. The first kappa shape index (κ1) is 15.5. The summed E-state index contributed by atoms with van der Waals surface area (Å²) < 4.78 is 0. The molecule has 0 spiro atoms. The van der Waals surface area contributed by atoms with Crippen LogP contribution in [0.1, 0.15) is 32.1 Å². The van der Waals surface area contributed by atoms with E-state index in [0.717, 1.165) is 19.3 Å². The summed E-state index contributed by atoms with van der Waals surface area (Å²) in [6.45, 7) is 0.397. The molecule has 1 amide bonds. The second-order valence-corrected chi connectivity index (χ2v) is 4.70. The van der Waals surface area contributed by atoms with Crippen molar-refractivity contribution in [2.75, 3.05) is 13.1 Å². The van der Waals surface area contributed by atoms with E-state index in [9.17, 15) is 15.0 Å². The largest absolute Gasteiger partial charge is 0.386 e. The molecule has 0 aromatic rings. The molecule has 0 heterocycles. The summed E-state index contributed by atoms with van der Waals surface area (Å²) >= 11 is 0. The lowest BCUT2D eigenvalue weighted by Gasteiger charge is -2.32. The van der Waals surface area contributed by atoms with Crippen molar-refractivity contribution < 1.29 is 15.0 Å². The van der Waals surface area contributed by atoms with Gasteiger partial charge >= 0.3 is 0 Å². The number of rotatable bonds is 5. The number of hydrogen-bond donors (Lipinski definition) is 3. The summed E-state index contributed by atoms with van der Waals surface area (Å²) in [6, 6.07) is 0. The van der Waals surface area contributed by atoms with Crippen LogP contribution in [0.4, 0.5) is 0 Å². The summed E-state index contributed by atoms with van der Waals surface area (Å²) in [5.41, 5.74) is 6.67. The maximum absolute atomic E-state index is 11.7. The summed E-state index contributed by atoms with van der Waals surface area (Å²) in [5, 5.41) is 26.1. The van der Waals surface area contributed by atoms with Crippen LogP contribution in [0, 0.1) is 0 Å². The highest BCUT2D eigenvalue weighted by molar-refractivity contribution is 5.77. The van der Waals surface area contributed by atoms with Crippen molar-refractivity contribution in [1.82, 2.24) is 5.32 Å². The zero-order chi connectivity index (χ0) is 14.1. The number of carbonyl (C=O) groups excluding carboxylic acids is 1. The second-order valence-electron chi connectivity index (χ2n) is 4.70. The molecule has 1 rings (SSSR count). The number of hydrogen-bond acceptors (Lipinski definition) is 4. The molecule has 0 fully saturated rings. The lowest BCUT2D eigenvalue weighted by molar-refractivity contribution is -0.131. The van der Waals surface area contributed by atoms with Crippen molar-refractivity contribution in [2.24, 2.45) is 5.11 Å². The van der Waals surface area contributed by atoms with Gasteiger partial charge in [0, 0.05) is 18.0 Å². The first-order valence-corrected chi connectivity index (χ1v) is 6.43. The van der Waals surface area contributed by atoms with Crippen molar-refractivity contribution in [3.05, 3.63) is 22.6 Å². The number of carbonyl (C=O) groups is 1. The van der Waals surface area contributed by atoms with Crippen LogP contribution in [0.2, 0.25) is 0 Å². The van der Waals surface area contributed by atoms with E-state index >= 15 is 0 Å². The van der Waals surface area contributed by atoms with Gasteiger partial charge in [-0.25, -0.2) is 0 Å². The van der Waals surface area contributed by atoms with E-state index in [1.807, 2.05) is 6.08 Å². The number of aliphatic hydroxyl groups is 2. The molecule has 1 aliphatic rings. The quantitative estimate of drug-likeness (QED) is 0.227. The van der Waals surface area contributed by atoms with Crippen molar-refractivity contribution >= 4 is 5.91 Å². The Morgan fingerprint density at radius 1 is 1.58 bits per heavy atom. The van der Waals surface area contributed by atoms with Crippen molar-refractivity contribution in [3.8, 4) is 0 Å². The zero-order valence-electron chi connectivity index (χ0n) is 10.8. The first-order chi connectivity index (χ1) is 9.08. The van der Waals surface area contributed by atoms with E-state index in [0.29, 0.717) is 6.42 Å². The molecule has 0 bridgehead atoms. The fourth-order valence-corrected chi connectivity index (χ4v) is 2.07. The normalized spacial score (nSPS) is 28.6. The molecule has 19 heavy (non-hydrogen) atoms. The summed E-state index contributed by atoms with van der Waals surface area (Å²) in [6.07, 6.45) is 5.16. The van der Waals surface area contributed by atoms with Crippen LogP contribution in [-0.2, 0) is 4.79 Å². The Morgan fingerprint density at radius 3 is 3.11 bits per heavy atom. The van der Waals surface area contributed by atoms with Gasteiger partial charge in [-0.2, -0.15) is 0 Å². The summed E-state index contributed by atoms with van der Waals surface area (Å²) in [5.74, 6) is -0.358. The molecule has 7 heteroatoms. The van der Waals surface area contributed by atoms with Crippen LogP contribution < -0.4 is 5.32 Å². The van der Waals surface area contributed by atoms with Gasteiger partial charge < -0.3 is 15.5 Å². The molecule has 0 radical (unpaired) electrons. The molecular formula is C12H20N4O3. The van der Waals surface area contributed by atoms with Gasteiger partial charge in [-0.15, -0.1) is 0 Å². The van der Waals surface area contributed by atoms with Gasteiger partial charge in [0.1, 0.15) is 11.7 Å². The van der Waals surface area contributed by atoms with Crippen molar-refractivity contribution in [1.29, 1.82) is 0 Å². The lowest BCUT2D eigenvalue weighted by Crippen LogP contribution is -2.46. The van der Waals surface area contributed by atoms with Crippen LogP contribution in [0.3, 0.4) is 0 Å². The lowest BCUT2D eigenvalue weighted by atomic mass is 9.84. The Balaban J connectivity index is 2.50. The Bertz CT molecular complexity index is 379. The van der Waals surface area contributed by atoms with Gasteiger partial charge in [0.25, 0.3) is 0 Å². The Hall–Kier alpha value is -1.56. The van der Waals surface area contributed by atoms with E-state index in [4.69, 9.17) is 5.53 Å². The predicted octanol–water partition coefficient (Wildman–Crippen LogP) is 1.03. The molecule has 0 aromatic carbocycles. The van der Waals surface area contributed by atoms with Crippen molar-refractivity contribution in [2.45, 2.75) is 43.8 Å². The number of allylic oxidation sites excluding steroid dienone is 1. The fraction of sp³-hybridized carbons (Fsp3) is 0.750. The van der Waals surface area contributed by atoms with Crippen LogP contribution in [-0.4, -0.2) is 40.9 Å². The van der Waals surface area contributed by atoms with Crippen LogP contribution >= 0.6 is 0 Å². The second kappa shape index (κ2) is 7.78. The third kappa shape index (κ3) is 5.30. The molecule has 106 valence electrons. The van der Waals surface area contributed by atoms with Gasteiger partial charge in [0.05, 0.1) is 6.42 Å². The van der Waals surface area contributed by atoms with Crippen LogP contribution in [0.5, 0.6) is 0 Å². The van der Waals surface area contributed by atoms with Crippen LogP contribution in [0.15, 0.2) is 17.3 Å². The smallest absolute Gasteiger partial charge is 0.223 e. The van der Waals surface area contributed by atoms with Crippen molar-refractivity contribution in [3.63, 3.8) is 0 Å². The molecule has 1 aliphatic carbocycles. The monoisotopic (exact) mass is 268 g/mol. The van der Waals surface area contributed by atoms with E-state index in [2.05, 4.69) is 15.3 Å². The third-order valence-corrected chi connectivity index (χ3v) is 3.16. The zero-order valence-corrected chi connectivity index (χ0v) is 10.8. The highest BCUT2D eigenvalue weighted by Crippen LogP contribution is 2.26. The maximum atomic E-state index is 11.7. The number of amides is 1. The SMILES string of the molecule is [N-]=[N+]=NCCNC(=O)CC1(O)CCCC/C=C/C1O. The summed E-state index contributed by atoms with van der Waals surface area (Å²) in [7, 11) is 0. The molecule has 7 nitrogen and oxygen atoms in total. The number of nitrogens with zero attached hydrogens (tertiary/aromatic N) is 3. The Kier molecular flexibility index (Phi) is 6.35. The number of azide groups is 1. The first-order valence-electron chi connectivity index (χ1n) is 6.43. The molecular weight excluding hydrogens is 248 g/mol. The van der Waals surface area contributed by atoms with Gasteiger partial charge in [-0.05, 0) is 24.8 Å². The number of aliphatic hydroxyl groups excluding tert-OH is 1. The van der Waals surface area contributed by atoms with Gasteiger partial charge in [0.15, 0.2) is 0 Å². The molecule has 0 aliphatic heterocycles. The van der Waals surface area contributed by atoms with Gasteiger partial charge in [-0.3, -0.25) is 4.79 Å². The molecule has 0 saturated carbocycles. The highest BCUT2D eigenvalue weighted by atomic mass is 16.3. The topological polar surface area (TPSA) is 118 Å². The minimum Gasteiger partial charge on any atom is -0.386 e. The fourth-order valence-electron chi connectivity index (χ4n) is 2.07. The average molecular weight is 268 g/mol. The molecule has 3 N–H and O–H groups in total. The molecule has 0 saturated heterocycles. The standard InChI is InChI=1S/C12H20N4O3/c13-16-15-8-7-14-11(18)9-12(19)6-4-2-1-3-5-10(12)17/h3,5,10,17,19H,1-2,4,6-9H2,(H,14,18)/b5-3+. The Labute approximate surface area is 111 Å². The van der Waals surface area contributed by atoms with E-state index < -0.39 is 11.7 Å². The van der Waals surface area contributed by atoms with E-state index in [-0.39, 0.29) is 25.4 Å². The van der Waals surface area contributed by atoms with E-state index in [1.54, 1.807) is 6.08 Å². The maximum Gasteiger partial charge on any atom is 0.223 e.